The van der Waals surface area contributed by atoms with E-state index in [1.807, 2.05) is 0 Å². The fourth-order valence-corrected chi connectivity index (χ4v) is 2.27. The van der Waals surface area contributed by atoms with Crippen molar-refractivity contribution in [2.75, 3.05) is 31.5 Å². The van der Waals surface area contributed by atoms with E-state index >= 15 is 0 Å². The number of alkyl halides is 3. The fraction of sp³-hybridized carbons (Fsp3) is 0.467. The van der Waals surface area contributed by atoms with E-state index < -0.39 is 17.6 Å². The Hall–Kier alpha value is -2.25. The lowest BCUT2D eigenvalue weighted by Crippen LogP contribution is -2.40. The monoisotopic (exact) mass is 329 g/mol. The Bertz CT molecular complexity index is 552. The zero-order chi connectivity index (χ0) is 16.9. The van der Waals surface area contributed by atoms with Crippen LogP contribution in [0.4, 0.5) is 18.9 Å². The van der Waals surface area contributed by atoms with Gasteiger partial charge in [-0.1, -0.05) is 0 Å². The molecule has 0 unspecified atom stereocenters. The number of carbonyl (C=O) groups is 2. The van der Waals surface area contributed by atoms with Crippen molar-refractivity contribution in [3.8, 4) is 0 Å². The molecule has 2 N–H and O–H groups in total. The Labute approximate surface area is 131 Å². The highest BCUT2D eigenvalue weighted by Gasteiger charge is 2.29. The minimum atomic E-state index is -4.38. The molecular weight excluding hydrogens is 311 g/mol. The highest BCUT2D eigenvalue weighted by Crippen LogP contribution is 2.29. The summed E-state index contributed by atoms with van der Waals surface area (Å²) < 4.78 is 37.3. The highest BCUT2D eigenvalue weighted by molar-refractivity contribution is 5.86. The predicted molar refractivity (Wildman–Crippen MR) is 78.8 cm³/mol. The number of amides is 2. The number of halogens is 3. The molecule has 0 saturated carbocycles. The number of nitrogens with one attached hydrogen (secondary N) is 2. The summed E-state index contributed by atoms with van der Waals surface area (Å²) in [5, 5.41) is 5.20. The summed E-state index contributed by atoms with van der Waals surface area (Å²) >= 11 is 0. The van der Waals surface area contributed by atoms with Crippen LogP contribution in [-0.2, 0) is 15.8 Å². The Morgan fingerprint density at radius 2 is 1.65 bits per heavy atom. The van der Waals surface area contributed by atoms with E-state index in [0.717, 1.165) is 38.1 Å². The zero-order valence-corrected chi connectivity index (χ0v) is 12.4. The largest absolute Gasteiger partial charge is 0.416 e. The SMILES string of the molecule is O=C(CNc1ccc(C(F)(F)F)cc1)NCC(=O)N1CCCC1. The molecule has 23 heavy (non-hydrogen) atoms. The van der Waals surface area contributed by atoms with Crippen LogP contribution in [0.3, 0.4) is 0 Å². The minimum absolute atomic E-state index is 0.0620. The number of carbonyl (C=O) groups excluding carboxylic acids is 2. The quantitative estimate of drug-likeness (QED) is 0.867. The maximum atomic E-state index is 12.4. The first kappa shape index (κ1) is 17.1. The van der Waals surface area contributed by atoms with Gasteiger partial charge in [-0.05, 0) is 37.1 Å². The molecule has 1 fully saturated rings. The van der Waals surface area contributed by atoms with Gasteiger partial charge in [-0.2, -0.15) is 13.2 Å². The van der Waals surface area contributed by atoms with Crippen molar-refractivity contribution in [3.63, 3.8) is 0 Å². The maximum Gasteiger partial charge on any atom is 0.416 e. The third kappa shape index (κ3) is 5.15. The van der Waals surface area contributed by atoms with Crippen molar-refractivity contribution in [2.24, 2.45) is 0 Å². The smallest absolute Gasteiger partial charge is 0.376 e. The zero-order valence-electron chi connectivity index (χ0n) is 12.4. The summed E-state index contributed by atoms with van der Waals surface area (Å²) in [6.07, 6.45) is -2.42. The van der Waals surface area contributed by atoms with Gasteiger partial charge in [0.25, 0.3) is 0 Å². The Morgan fingerprint density at radius 3 is 2.22 bits per heavy atom. The van der Waals surface area contributed by atoms with Crippen LogP contribution in [-0.4, -0.2) is 42.9 Å². The van der Waals surface area contributed by atoms with E-state index in [-0.39, 0.29) is 19.0 Å². The van der Waals surface area contributed by atoms with E-state index in [9.17, 15) is 22.8 Å². The Balaban J connectivity index is 1.72. The van der Waals surface area contributed by atoms with Crippen LogP contribution in [0.5, 0.6) is 0 Å². The van der Waals surface area contributed by atoms with Crippen molar-refractivity contribution < 1.29 is 22.8 Å². The van der Waals surface area contributed by atoms with E-state index in [1.54, 1.807) is 4.90 Å². The average Bonchev–Trinajstić information content (AvgIpc) is 3.04. The van der Waals surface area contributed by atoms with Gasteiger partial charge in [0.1, 0.15) is 0 Å². The first-order chi connectivity index (χ1) is 10.9. The summed E-state index contributed by atoms with van der Waals surface area (Å²) in [4.78, 5) is 25.1. The number of nitrogens with zero attached hydrogens (tertiary/aromatic N) is 1. The molecule has 1 saturated heterocycles. The van der Waals surface area contributed by atoms with E-state index in [1.165, 1.54) is 12.1 Å². The molecule has 0 atom stereocenters. The van der Waals surface area contributed by atoms with Crippen molar-refractivity contribution in [2.45, 2.75) is 19.0 Å². The van der Waals surface area contributed by atoms with Gasteiger partial charge in [0.15, 0.2) is 0 Å². The van der Waals surface area contributed by atoms with Gasteiger partial charge >= 0.3 is 6.18 Å². The lowest BCUT2D eigenvalue weighted by atomic mass is 10.2. The standard InChI is InChI=1S/C15H18F3N3O2/c16-15(17,18)11-3-5-12(6-4-11)19-9-13(22)20-10-14(23)21-7-1-2-8-21/h3-6,19H,1-2,7-10H2,(H,20,22). The predicted octanol–water partition coefficient (Wildman–Crippen LogP) is 1.86. The number of hydrogen-bond donors (Lipinski definition) is 2. The second kappa shape index (κ2) is 7.34. The van der Waals surface area contributed by atoms with Gasteiger partial charge in [-0.25, -0.2) is 0 Å². The molecule has 0 aromatic heterocycles. The molecular formula is C15H18F3N3O2. The van der Waals surface area contributed by atoms with Gasteiger partial charge in [-0.15, -0.1) is 0 Å². The van der Waals surface area contributed by atoms with Crippen LogP contribution >= 0.6 is 0 Å². The molecule has 5 nitrogen and oxygen atoms in total. The Morgan fingerprint density at radius 1 is 1.04 bits per heavy atom. The average molecular weight is 329 g/mol. The van der Waals surface area contributed by atoms with Gasteiger partial charge in [-0.3, -0.25) is 9.59 Å². The maximum absolute atomic E-state index is 12.4. The number of rotatable bonds is 5. The molecule has 2 rings (SSSR count). The number of benzene rings is 1. The second-order valence-electron chi connectivity index (χ2n) is 5.29. The van der Waals surface area contributed by atoms with E-state index in [0.29, 0.717) is 5.69 Å². The van der Waals surface area contributed by atoms with Crippen molar-refractivity contribution in [1.82, 2.24) is 10.2 Å². The number of hydrogen-bond acceptors (Lipinski definition) is 3. The third-order valence-corrected chi connectivity index (χ3v) is 3.56. The molecule has 126 valence electrons. The molecule has 0 spiro atoms. The minimum Gasteiger partial charge on any atom is -0.376 e. The van der Waals surface area contributed by atoms with Crippen molar-refractivity contribution >= 4 is 17.5 Å². The van der Waals surface area contributed by atoms with Crippen LogP contribution < -0.4 is 10.6 Å². The van der Waals surface area contributed by atoms with Gasteiger partial charge in [0.05, 0.1) is 18.7 Å². The summed E-state index contributed by atoms with van der Waals surface area (Å²) in [5.74, 6) is -0.511. The summed E-state index contributed by atoms with van der Waals surface area (Å²) in [6, 6.07) is 4.39. The number of likely N-dealkylation sites (tertiary alicyclic amines) is 1. The molecule has 1 aromatic rings. The second-order valence-corrected chi connectivity index (χ2v) is 5.29. The van der Waals surface area contributed by atoms with Gasteiger partial charge in [0, 0.05) is 18.8 Å². The van der Waals surface area contributed by atoms with Crippen LogP contribution in [0.1, 0.15) is 18.4 Å². The first-order valence-electron chi connectivity index (χ1n) is 7.32. The summed E-state index contributed by atoms with van der Waals surface area (Å²) in [5.41, 5.74) is -0.345. The molecule has 0 radical (unpaired) electrons. The normalized spacial score (nSPS) is 14.7. The molecule has 1 aliphatic rings. The van der Waals surface area contributed by atoms with E-state index in [2.05, 4.69) is 10.6 Å². The molecule has 1 aliphatic heterocycles. The summed E-state index contributed by atoms with van der Waals surface area (Å²) in [7, 11) is 0. The number of anilines is 1. The molecule has 8 heteroatoms. The molecule has 1 aromatic carbocycles. The topological polar surface area (TPSA) is 61.4 Å². The molecule has 0 bridgehead atoms. The molecule has 0 aliphatic carbocycles. The highest BCUT2D eigenvalue weighted by atomic mass is 19.4. The van der Waals surface area contributed by atoms with Crippen molar-refractivity contribution in [3.05, 3.63) is 29.8 Å². The first-order valence-corrected chi connectivity index (χ1v) is 7.32. The van der Waals surface area contributed by atoms with Crippen LogP contribution in [0.2, 0.25) is 0 Å². The third-order valence-electron chi connectivity index (χ3n) is 3.56. The summed E-state index contributed by atoms with van der Waals surface area (Å²) in [6.45, 7) is 1.27. The molecule has 1 heterocycles. The Kier molecular flexibility index (Phi) is 5.46. The van der Waals surface area contributed by atoms with Crippen LogP contribution in [0.25, 0.3) is 0 Å². The lowest BCUT2D eigenvalue weighted by Gasteiger charge is -2.15. The van der Waals surface area contributed by atoms with Crippen molar-refractivity contribution in [1.29, 1.82) is 0 Å². The van der Waals surface area contributed by atoms with Crippen LogP contribution in [0.15, 0.2) is 24.3 Å². The lowest BCUT2D eigenvalue weighted by molar-refractivity contribution is -0.137. The molecule has 2 amide bonds. The van der Waals surface area contributed by atoms with E-state index in [4.69, 9.17) is 0 Å². The van der Waals surface area contributed by atoms with Gasteiger partial charge in [0.2, 0.25) is 11.8 Å². The fourth-order valence-electron chi connectivity index (χ4n) is 2.27. The van der Waals surface area contributed by atoms with Gasteiger partial charge < -0.3 is 15.5 Å². The van der Waals surface area contributed by atoms with Crippen LogP contribution in [0, 0.1) is 0 Å².